The fourth-order valence-corrected chi connectivity index (χ4v) is 22.6. The Balaban J connectivity index is 0.692. The summed E-state index contributed by atoms with van der Waals surface area (Å²) in [4.78, 5) is 223. The molecule has 6 aliphatic heterocycles. The number of aromatic nitrogens is 4. The molecule has 1 spiro atoms. The SMILES string of the molecule is CCC1(OC)CC2CN(CCC3c4ccccc4NC3[C@@](C(=O)OC)(c3cc4c(cc3OC)N(C)[C@H]3[C@@](O)(C(=O)NNC(=O)OCCSSC[C@H](NC(=O)[C@H](CC(=O)O)NC(=O)[C@H](CC(=O)O)NC(=O)[C@H](CC(=O)O)NC(=O)CC[C@H](NC(=O)c5ccc(NCc6cnc7nc(N)[nH]c(=O)c7n6)cc5)C(=O)O)C(=O)N[C@@H](CCCCN)C(=O)O)[C@H](O)[C@]5(CC)C=CCN6CC[C@]43[C@@H]65)C2)C1. The van der Waals surface area contributed by atoms with Gasteiger partial charge in [0.1, 0.15) is 60.1 Å². The summed E-state index contributed by atoms with van der Waals surface area (Å²) < 4.78 is 24.4. The number of benzene rings is 3. The average molecular weight is 1910 g/mol. The molecule has 134 heavy (non-hydrogen) atoms. The molecule has 22 N–H and O–H groups in total. The second-order valence-electron chi connectivity index (χ2n) is 34.6. The van der Waals surface area contributed by atoms with Gasteiger partial charge in [-0.1, -0.05) is 65.8 Å². The lowest BCUT2D eigenvalue weighted by molar-refractivity contribution is -0.204. The Morgan fingerprint density at radius 2 is 1.37 bits per heavy atom. The molecule has 8 heterocycles. The molecular weight excluding hydrogens is 1790 g/mol. The molecule has 3 aromatic carbocycles. The molecule has 47 heteroatoms. The second kappa shape index (κ2) is 42.8. The number of hydrazine groups is 1. The highest BCUT2D eigenvalue weighted by Gasteiger charge is 2.79. The molecule has 1 saturated carbocycles. The van der Waals surface area contributed by atoms with E-state index in [1.807, 2.05) is 60.0 Å². The first-order valence-corrected chi connectivity index (χ1v) is 46.3. The number of carboxylic acids is 5. The average Bonchev–Trinajstić information content (AvgIpc) is 1.47. The van der Waals surface area contributed by atoms with E-state index in [4.69, 9.17) is 30.4 Å². The maximum Gasteiger partial charge on any atom is 0.426 e. The molecule has 3 saturated heterocycles. The molecular formula is C87H113N19O26S2. The van der Waals surface area contributed by atoms with E-state index in [-0.39, 0.29) is 72.6 Å². The normalized spacial score (nSPS) is 25.2. The summed E-state index contributed by atoms with van der Waals surface area (Å²) in [5.41, 5.74) is 12.4. The molecule has 5 unspecified atom stereocenters. The van der Waals surface area contributed by atoms with Crippen LogP contribution < -0.4 is 80.0 Å². The lowest BCUT2D eigenvalue weighted by Crippen LogP contribution is -2.82. The Morgan fingerprint density at radius 1 is 0.724 bits per heavy atom. The number of carboxylic acid groups (broad SMARTS) is 5. The third-order valence-electron chi connectivity index (χ3n) is 26.7. The number of nitrogens with zero attached hydrogens (tertiary/aromatic N) is 6. The third-order valence-corrected chi connectivity index (χ3v) is 29.1. The second-order valence-corrected chi connectivity index (χ2v) is 37.2. The fourth-order valence-electron chi connectivity index (χ4n) is 20.6. The molecule has 8 amide bonds. The van der Waals surface area contributed by atoms with Gasteiger partial charge >= 0.3 is 41.9 Å². The van der Waals surface area contributed by atoms with Gasteiger partial charge in [0.15, 0.2) is 16.8 Å². The third kappa shape index (κ3) is 21.0. The van der Waals surface area contributed by atoms with E-state index in [1.165, 1.54) is 44.7 Å². The maximum atomic E-state index is 15.8. The van der Waals surface area contributed by atoms with Crippen molar-refractivity contribution in [1.82, 2.24) is 72.5 Å². The van der Waals surface area contributed by atoms with E-state index < -0.39 is 221 Å². The van der Waals surface area contributed by atoms with Crippen molar-refractivity contribution in [2.24, 2.45) is 17.1 Å². The lowest BCUT2D eigenvalue weighted by atomic mass is 9.47. The number of hydrogen-bond donors (Lipinski definition) is 20. The first kappa shape index (κ1) is 100. The Morgan fingerprint density at radius 3 is 2.01 bits per heavy atom. The number of methoxy groups -OCH3 is 3. The highest BCUT2D eigenvalue weighted by atomic mass is 33.1. The van der Waals surface area contributed by atoms with Crippen molar-refractivity contribution in [2.45, 2.75) is 199 Å². The van der Waals surface area contributed by atoms with Gasteiger partial charge < -0.3 is 118 Å². The molecule has 0 radical (unpaired) electrons. The van der Waals surface area contributed by atoms with Crippen LogP contribution in [0.2, 0.25) is 0 Å². The van der Waals surface area contributed by atoms with Crippen molar-refractivity contribution in [3.8, 4) is 5.75 Å². The number of H-pyrrole nitrogens is 1. The van der Waals surface area contributed by atoms with Crippen LogP contribution in [0.25, 0.3) is 11.2 Å². The summed E-state index contributed by atoms with van der Waals surface area (Å²) in [6, 6.07) is 3.32. The molecule has 2 aromatic heterocycles. The summed E-state index contributed by atoms with van der Waals surface area (Å²) in [5, 5.41) is 96.7. The first-order valence-electron chi connectivity index (χ1n) is 43.8. The zero-order valence-electron chi connectivity index (χ0n) is 74.4. The predicted octanol–water partition coefficient (Wildman–Crippen LogP) is -0.118. The van der Waals surface area contributed by atoms with Crippen molar-refractivity contribution in [3.05, 3.63) is 117 Å². The maximum absolute atomic E-state index is 15.8. The van der Waals surface area contributed by atoms with Crippen LogP contribution in [-0.2, 0) is 89.1 Å². The number of carbonyl (C=O) groups is 14. The monoisotopic (exact) mass is 1900 g/mol. The Bertz CT molecular complexity index is 5400. The number of aliphatic carboxylic acids is 5. The number of nitrogens with one attached hydrogen (secondary N) is 11. The summed E-state index contributed by atoms with van der Waals surface area (Å²) >= 11 is 0. The molecule has 4 fully saturated rings. The van der Waals surface area contributed by atoms with Gasteiger partial charge in [0, 0.05) is 109 Å². The van der Waals surface area contributed by atoms with Crippen LogP contribution in [0.5, 0.6) is 5.75 Å². The molecule has 2 bridgehead atoms. The van der Waals surface area contributed by atoms with Gasteiger partial charge in [-0.25, -0.2) is 29.8 Å². The number of esters is 1. The standard InChI is InChI=1S/C87H113N19O26S2/c1-7-83(131-6)37-44-38-86(80(126)130-5,66-49(23-28-105(41-44)43-83)48-14-9-10-15-52(48)94-66)51-32-50-59(36-60(51)129-4)104(3)77-85(50)25-29-106-27-13-24-84(8-2,76(85)106)78(124)87(77,128)79(125)102-103-82(127)132-30-31-133-134-42-58(72(118)96-53(74(120)121)16-11-12-26-88)99-71(117)57(35-64(112)113)98-70(116)56(34-63(110)111)97-69(115)55(33-62(108)109)93-61(107)22-21-54(75(122)123)95-68(114)45-17-19-46(20-18-45)90-39-47-40-91-67-65(92-47)73(119)101-81(89)100-67/h9-10,13-15,17-20,24,32,36,40,44,49,53-58,66,76-78,90,94,124,128H,7-8,11-12,16,21-23,25-31,33-35,37-39,41-43,88H2,1-6H3,(H,93,107)(H,95,114)(H,96,118)(H,97,115)(H,98,116)(H,99,117)(H,102,125)(H,103,127)(H,108,109)(H,110,111)(H,112,113)(H,120,121)(H,122,123)(H3,89,91,100,101,119)/t44?,49?,53-,54-,55-,56-,57-,58-,66?,76-,77+,78+,83?,84+,85+,86-,87-/m0/s1. The number of rotatable bonds is 42. The summed E-state index contributed by atoms with van der Waals surface area (Å²) in [5.74, 6) is -18.6. The van der Waals surface area contributed by atoms with Gasteiger partial charge in [-0.2, -0.15) is 4.98 Å². The van der Waals surface area contributed by atoms with Gasteiger partial charge in [-0.15, -0.1) is 0 Å². The quantitative estimate of drug-likeness (QED) is 0.00796. The van der Waals surface area contributed by atoms with Crippen molar-refractivity contribution in [1.29, 1.82) is 0 Å². The van der Waals surface area contributed by atoms with Crippen LogP contribution >= 0.6 is 21.6 Å². The van der Waals surface area contributed by atoms with Gasteiger partial charge in [-0.05, 0) is 137 Å². The largest absolute Gasteiger partial charge is 0.496 e. The minimum atomic E-state index is -2.75. The van der Waals surface area contributed by atoms with E-state index >= 15 is 9.59 Å². The number of unbranched alkanes of at least 4 members (excludes halogenated alkanes) is 1. The predicted molar refractivity (Wildman–Crippen MR) is 483 cm³/mol. The van der Waals surface area contributed by atoms with E-state index in [0.29, 0.717) is 92.2 Å². The fraction of sp³-hybridized carbons (Fsp3) is 0.540. The van der Waals surface area contributed by atoms with Crippen LogP contribution in [0, 0.1) is 11.3 Å². The number of ether oxygens (including phenoxy) is 4. The summed E-state index contributed by atoms with van der Waals surface area (Å²) in [6.45, 7) is 6.81. The van der Waals surface area contributed by atoms with E-state index in [9.17, 15) is 98.1 Å². The number of nitrogens with two attached hydrogens (primary N) is 2. The van der Waals surface area contributed by atoms with Crippen LogP contribution in [0.4, 0.5) is 27.8 Å². The number of fused-ring (bicyclic) bond motifs is 7. The minimum absolute atomic E-state index is 0.0214. The van der Waals surface area contributed by atoms with Crippen molar-refractivity contribution >= 4 is 139 Å². The van der Waals surface area contributed by atoms with Gasteiger partial charge in [0.05, 0.1) is 69.6 Å². The van der Waals surface area contributed by atoms with Crippen LogP contribution in [-0.4, -0.2) is 306 Å². The molecule has 45 nitrogen and oxygen atoms in total. The number of hydrogen-bond acceptors (Lipinski definition) is 33. The zero-order valence-corrected chi connectivity index (χ0v) is 76.1. The number of aliphatic hydroxyl groups is 2. The summed E-state index contributed by atoms with van der Waals surface area (Å²) in [6.07, 6.45) is 0.0451. The van der Waals surface area contributed by atoms with Gasteiger partial charge in [0.2, 0.25) is 35.5 Å². The molecule has 724 valence electrons. The Kier molecular flexibility index (Phi) is 32.1. The summed E-state index contributed by atoms with van der Waals surface area (Å²) in [7, 11) is 8.13. The molecule has 1 aliphatic carbocycles. The van der Waals surface area contributed by atoms with Gasteiger partial charge in [-0.3, -0.25) is 72.8 Å². The van der Waals surface area contributed by atoms with E-state index in [2.05, 4.69) is 85.5 Å². The van der Waals surface area contributed by atoms with E-state index in [1.54, 1.807) is 19.1 Å². The highest BCUT2D eigenvalue weighted by Crippen LogP contribution is 2.68. The number of likely N-dealkylation sites (N-methyl/N-ethyl adjacent to an activating group) is 1. The van der Waals surface area contributed by atoms with Crippen LogP contribution in [0.15, 0.2) is 83.8 Å². The molecule has 5 aromatic rings. The lowest BCUT2D eigenvalue weighted by Gasteiger charge is -2.63. The molecule has 7 aliphatic rings. The van der Waals surface area contributed by atoms with Crippen molar-refractivity contribution in [2.75, 3.05) is 107 Å². The van der Waals surface area contributed by atoms with Crippen LogP contribution in [0.3, 0.4) is 0 Å². The smallest absolute Gasteiger partial charge is 0.426 e. The molecule has 12 rings (SSSR count). The number of piperidine rings is 1. The number of anilines is 4. The van der Waals surface area contributed by atoms with Gasteiger partial charge in [0.25, 0.3) is 17.4 Å². The Labute approximate surface area is 775 Å². The minimum Gasteiger partial charge on any atom is -0.496 e. The number of carbonyl (C=O) groups excluding carboxylic acids is 9. The zero-order chi connectivity index (χ0) is 97.1. The van der Waals surface area contributed by atoms with Crippen LogP contribution in [0.1, 0.15) is 142 Å². The number of amides is 8. The number of nitrogen functional groups attached to an aromatic ring is 1. The highest BCUT2D eigenvalue weighted by molar-refractivity contribution is 8.76. The molecule has 18 atom stereocenters. The number of para-hydroxylation sites is 1. The topological polar surface area (TPSA) is 671 Å². The van der Waals surface area contributed by atoms with Crippen molar-refractivity contribution in [3.63, 3.8) is 0 Å². The Hall–Kier alpha value is -12.5. The van der Waals surface area contributed by atoms with E-state index in [0.717, 1.165) is 45.8 Å². The number of aliphatic hydroxyl groups excluding tert-OH is 1. The number of aromatic amines is 1. The first-order chi connectivity index (χ1) is 63.9. The van der Waals surface area contributed by atoms with Crippen molar-refractivity contribution < 1.29 is 122 Å².